The molecular formula is C22H30O3. The molecule has 0 radical (unpaired) electrons. The standard InChI is InChI=1S/C22H30O3/c1-12-20(13(2)23)18(24)11-14-5-6-15-16-7-8-19(25)21(16,3)10-9-17(15)22(12,14)4/h11,13,15-17,23H,5-10H2,1-4H3/t13-,15-,16-,17-,21-,22-/m0/s1. The molecule has 0 saturated heterocycles. The van der Waals surface area contributed by atoms with Crippen LogP contribution in [-0.2, 0) is 9.59 Å². The van der Waals surface area contributed by atoms with Gasteiger partial charge in [-0.3, -0.25) is 9.59 Å². The SMILES string of the molecule is CC1=C([C@H](C)O)C(=O)C=C2CC[C@@H]3[C@H](CC[C@]4(C)C(=O)CC[C@@H]34)[C@]21C. The van der Waals surface area contributed by atoms with Gasteiger partial charge in [0.25, 0.3) is 0 Å². The molecule has 25 heavy (non-hydrogen) atoms. The molecule has 3 saturated carbocycles. The summed E-state index contributed by atoms with van der Waals surface area (Å²) in [4.78, 5) is 25.1. The minimum absolute atomic E-state index is 0.00452. The van der Waals surface area contributed by atoms with Gasteiger partial charge in [-0.25, -0.2) is 0 Å². The van der Waals surface area contributed by atoms with Crippen molar-refractivity contribution in [1.29, 1.82) is 0 Å². The average molecular weight is 342 g/mol. The fraction of sp³-hybridized carbons (Fsp3) is 0.727. The number of aliphatic hydroxyl groups excluding tert-OH is 1. The smallest absolute Gasteiger partial charge is 0.184 e. The van der Waals surface area contributed by atoms with Crippen LogP contribution in [0.2, 0.25) is 0 Å². The van der Waals surface area contributed by atoms with Crippen molar-refractivity contribution in [2.75, 3.05) is 0 Å². The van der Waals surface area contributed by atoms with Crippen LogP contribution >= 0.6 is 0 Å². The maximum absolute atomic E-state index is 12.5. The van der Waals surface area contributed by atoms with Gasteiger partial charge in [-0.2, -0.15) is 0 Å². The predicted molar refractivity (Wildman–Crippen MR) is 96.9 cm³/mol. The summed E-state index contributed by atoms with van der Waals surface area (Å²) in [5.74, 6) is 2.01. The summed E-state index contributed by atoms with van der Waals surface area (Å²) in [5.41, 5.74) is 2.69. The number of fused-ring (bicyclic) bond motifs is 5. The van der Waals surface area contributed by atoms with Crippen molar-refractivity contribution in [3.63, 3.8) is 0 Å². The maximum atomic E-state index is 12.5. The summed E-state index contributed by atoms with van der Waals surface area (Å²) < 4.78 is 0. The third kappa shape index (κ3) is 2.08. The molecular weight excluding hydrogens is 312 g/mol. The Kier molecular flexibility index (Phi) is 3.71. The average Bonchev–Trinajstić information content (AvgIpc) is 2.84. The lowest BCUT2D eigenvalue weighted by Crippen LogP contribution is -2.51. The Bertz CT molecular complexity index is 713. The van der Waals surface area contributed by atoms with Crippen molar-refractivity contribution in [3.05, 3.63) is 22.8 Å². The number of allylic oxidation sites excluding steroid dienone is 3. The molecule has 0 aromatic heterocycles. The molecule has 0 aromatic rings. The largest absolute Gasteiger partial charge is 0.389 e. The molecule has 0 spiro atoms. The Hall–Kier alpha value is -1.22. The molecule has 6 atom stereocenters. The van der Waals surface area contributed by atoms with Crippen molar-refractivity contribution in [2.45, 2.75) is 72.3 Å². The van der Waals surface area contributed by atoms with Crippen molar-refractivity contribution in [3.8, 4) is 0 Å². The second-order valence-electron chi connectivity index (χ2n) is 9.28. The quantitative estimate of drug-likeness (QED) is 0.783. The lowest BCUT2D eigenvalue weighted by molar-refractivity contribution is -0.131. The molecule has 1 N–H and O–H groups in total. The van der Waals surface area contributed by atoms with E-state index in [4.69, 9.17) is 0 Å². The highest BCUT2D eigenvalue weighted by Gasteiger charge is 2.59. The molecule has 0 aliphatic heterocycles. The van der Waals surface area contributed by atoms with Crippen molar-refractivity contribution in [2.24, 2.45) is 28.6 Å². The molecule has 0 heterocycles. The van der Waals surface area contributed by atoms with Crippen molar-refractivity contribution < 1.29 is 14.7 Å². The molecule has 0 amide bonds. The topological polar surface area (TPSA) is 54.4 Å². The van der Waals surface area contributed by atoms with E-state index in [1.54, 1.807) is 6.92 Å². The van der Waals surface area contributed by atoms with Crippen LogP contribution in [0, 0.1) is 28.6 Å². The third-order valence-corrected chi connectivity index (χ3v) is 8.47. The molecule has 3 heteroatoms. The number of ketones is 2. The number of rotatable bonds is 1. The summed E-state index contributed by atoms with van der Waals surface area (Å²) in [5, 5.41) is 10.2. The van der Waals surface area contributed by atoms with Crippen LogP contribution in [0.25, 0.3) is 0 Å². The van der Waals surface area contributed by atoms with Gasteiger partial charge in [0.05, 0.1) is 6.10 Å². The van der Waals surface area contributed by atoms with Crippen LogP contribution in [0.15, 0.2) is 22.8 Å². The highest BCUT2D eigenvalue weighted by molar-refractivity contribution is 6.07. The van der Waals surface area contributed by atoms with Gasteiger partial charge in [-0.05, 0) is 69.8 Å². The van der Waals surface area contributed by atoms with E-state index in [9.17, 15) is 14.7 Å². The fourth-order valence-corrected chi connectivity index (χ4v) is 6.96. The number of Topliss-reactive ketones (excluding diaryl/α,β-unsaturated/α-hetero) is 1. The zero-order valence-corrected chi connectivity index (χ0v) is 15.9. The second-order valence-corrected chi connectivity index (χ2v) is 9.28. The van der Waals surface area contributed by atoms with E-state index >= 15 is 0 Å². The first-order valence-corrected chi connectivity index (χ1v) is 9.89. The lowest BCUT2D eigenvalue weighted by Gasteiger charge is -2.57. The Labute approximate surface area is 150 Å². The van der Waals surface area contributed by atoms with Crippen LogP contribution in [-0.4, -0.2) is 22.8 Å². The van der Waals surface area contributed by atoms with Gasteiger partial charge in [0.1, 0.15) is 5.78 Å². The van der Waals surface area contributed by atoms with Crippen molar-refractivity contribution in [1.82, 2.24) is 0 Å². The molecule has 0 bridgehead atoms. The fourth-order valence-electron chi connectivity index (χ4n) is 6.96. The second kappa shape index (κ2) is 5.39. The Morgan fingerprint density at radius 1 is 1.12 bits per heavy atom. The first-order chi connectivity index (χ1) is 11.7. The highest BCUT2D eigenvalue weighted by atomic mass is 16.3. The van der Waals surface area contributed by atoms with Crippen LogP contribution in [0.4, 0.5) is 0 Å². The van der Waals surface area contributed by atoms with E-state index in [-0.39, 0.29) is 16.6 Å². The summed E-state index contributed by atoms with van der Waals surface area (Å²) in [6.45, 7) is 8.25. The number of carbonyl (C=O) groups excluding carboxylic acids is 2. The molecule has 0 unspecified atom stereocenters. The monoisotopic (exact) mass is 342 g/mol. The van der Waals surface area contributed by atoms with Crippen LogP contribution < -0.4 is 0 Å². The Balaban J connectivity index is 1.79. The Morgan fingerprint density at radius 3 is 2.52 bits per heavy atom. The van der Waals surface area contributed by atoms with Gasteiger partial charge < -0.3 is 5.11 Å². The molecule has 4 rings (SSSR count). The van der Waals surface area contributed by atoms with Crippen LogP contribution in [0.3, 0.4) is 0 Å². The third-order valence-electron chi connectivity index (χ3n) is 8.47. The van der Waals surface area contributed by atoms with Crippen LogP contribution in [0.5, 0.6) is 0 Å². The minimum atomic E-state index is -0.718. The zero-order chi connectivity index (χ0) is 18.1. The molecule has 4 aliphatic rings. The van der Waals surface area contributed by atoms with E-state index in [2.05, 4.69) is 20.8 Å². The molecule has 3 nitrogen and oxygen atoms in total. The number of carbonyl (C=O) groups is 2. The summed E-state index contributed by atoms with van der Waals surface area (Å²) in [7, 11) is 0. The molecule has 0 aromatic carbocycles. The van der Waals surface area contributed by atoms with E-state index in [1.165, 1.54) is 5.57 Å². The highest BCUT2D eigenvalue weighted by Crippen LogP contribution is 2.65. The van der Waals surface area contributed by atoms with Gasteiger partial charge in [0, 0.05) is 22.8 Å². The van der Waals surface area contributed by atoms with Gasteiger partial charge in [0.2, 0.25) is 0 Å². The molecule has 3 fully saturated rings. The number of hydrogen-bond acceptors (Lipinski definition) is 3. The van der Waals surface area contributed by atoms with E-state index in [0.29, 0.717) is 29.1 Å². The summed E-state index contributed by atoms with van der Waals surface area (Å²) in [6, 6.07) is 0. The molecule has 4 aliphatic carbocycles. The first-order valence-electron chi connectivity index (χ1n) is 9.89. The van der Waals surface area contributed by atoms with Crippen molar-refractivity contribution >= 4 is 11.6 Å². The van der Waals surface area contributed by atoms with Gasteiger partial charge >= 0.3 is 0 Å². The van der Waals surface area contributed by atoms with Gasteiger partial charge in [0.15, 0.2) is 5.78 Å². The normalized spacial score (nSPS) is 44.8. The zero-order valence-electron chi connectivity index (χ0n) is 15.9. The summed E-state index contributed by atoms with van der Waals surface area (Å²) >= 11 is 0. The Morgan fingerprint density at radius 2 is 1.84 bits per heavy atom. The maximum Gasteiger partial charge on any atom is 0.184 e. The van der Waals surface area contributed by atoms with Gasteiger partial charge in [-0.15, -0.1) is 0 Å². The first kappa shape index (κ1) is 17.2. The van der Waals surface area contributed by atoms with E-state index in [0.717, 1.165) is 44.1 Å². The van der Waals surface area contributed by atoms with Gasteiger partial charge in [-0.1, -0.05) is 25.0 Å². The molecule has 136 valence electrons. The summed E-state index contributed by atoms with van der Waals surface area (Å²) in [6.07, 6.45) is 6.97. The lowest BCUT2D eigenvalue weighted by atomic mass is 9.46. The number of hydrogen-bond donors (Lipinski definition) is 1. The predicted octanol–water partition coefficient (Wildman–Crippen LogP) is 4.00. The number of aliphatic hydroxyl groups is 1. The minimum Gasteiger partial charge on any atom is -0.389 e. The van der Waals surface area contributed by atoms with Crippen LogP contribution in [0.1, 0.15) is 66.2 Å². The van der Waals surface area contributed by atoms with E-state index in [1.807, 2.05) is 6.08 Å². The van der Waals surface area contributed by atoms with E-state index < -0.39 is 6.10 Å².